The highest BCUT2D eigenvalue weighted by atomic mass is 35.5. The lowest BCUT2D eigenvalue weighted by molar-refractivity contribution is 0.0996. The highest BCUT2D eigenvalue weighted by Gasteiger charge is 2.11. The number of nitrogen functional groups attached to an aromatic ring is 1. The second kappa shape index (κ2) is 5.85. The van der Waals surface area contributed by atoms with Crippen LogP contribution in [0.5, 0.6) is 0 Å². The molecule has 0 spiro atoms. The van der Waals surface area contributed by atoms with Crippen molar-refractivity contribution in [2.45, 2.75) is 6.92 Å². The van der Waals surface area contributed by atoms with Crippen LogP contribution in [0.25, 0.3) is 0 Å². The summed E-state index contributed by atoms with van der Waals surface area (Å²) in [5.74, 6) is -0.966. The molecule has 108 valence electrons. The lowest BCUT2D eigenvalue weighted by Crippen LogP contribution is -2.15. The SMILES string of the molecule is Cc1ccc(C(=O)Nc2cc(C(N)=O)ccc2Cl)cc1N. The minimum Gasteiger partial charge on any atom is -0.398 e. The Morgan fingerprint density at radius 2 is 1.76 bits per heavy atom. The number of aryl methyl sites for hydroxylation is 1. The first-order chi connectivity index (χ1) is 9.88. The number of amides is 2. The fraction of sp³-hybridized carbons (Fsp3) is 0.0667. The number of carbonyl (C=O) groups is 2. The van der Waals surface area contributed by atoms with E-state index in [1.54, 1.807) is 18.2 Å². The van der Waals surface area contributed by atoms with Crippen LogP contribution in [0, 0.1) is 6.92 Å². The number of nitrogens with two attached hydrogens (primary N) is 2. The summed E-state index contributed by atoms with van der Waals surface area (Å²) in [6.45, 7) is 1.85. The summed E-state index contributed by atoms with van der Waals surface area (Å²) in [6.07, 6.45) is 0. The van der Waals surface area contributed by atoms with Crippen LogP contribution in [-0.4, -0.2) is 11.8 Å². The minimum atomic E-state index is -0.596. The summed E-state index contributed by atoms with van der Waals surface area (Å²) in [7, 11) is 0. The van der Waals surface area contributed by atoms with Gasteiger partial charge in [-0.2, -0.15) is 0 Å². The second-order valence-corrected chi connectivity index (χ2v) is 4.99. The van der Waals surface area contributed by atoms with Crippen molar-refractivity contribution in [3.63, 3.8) is 0 Å². The Labute approximate surface area is 126 Å². The van der Waals surface area contributed by atoms with E-state index in [0.29, 0.717) is 22.0 Å². The van der Waals surface area contributed by atoms with Crippen LogP contribution in [-0.2, 0) is 0 Å². The molecule has 0 unspecified atom stereocenters. The minimum absolute atomic E-state index is 0.262. The van der Waals surface area contributed by atoms with Crippen molar-refractivity contribution in [2.75, 3.05) is 11.1 Å². The number of carbonyl (C=O) groups excluding carboxylic acids is 2. The molecule has 0 bridgehead atoms. The smallest absolute Gasteiger partial charge is 0.255 e. The maximum absolute atomic E-state index is 12.2. The first-order valence-corrected chi connectivity index (χ1v) is 6.53. The van der Waals surface area contributed by atoms with Crippen molar-refractivity contribution in [1.29, 1.82) is 0 Å². The van der Waals surface area contributed by atoms with Crippen LogP contribution in [0.3, 0.4) is 0 Å². The van der Waals surface area contributed by atoms with E-state index in [9.17, 15) is 9.59 Å². The fourth-order valence-corrected chi connectivity index (χ4v) is 1.92. The average molecular weight is 304 g/mol. The Hall–Kier alpha value is -2.53. The number of halogens is 1. The van der Waals surface area contributed by atoms with Crippen LogP contribution >= 0.6 is 11.6 Å². The van der Waals surface area contributed by atoms with Crippen LogP contribution in [0.2, 0.25) is 5.02 Å². The average Bonchev–Trinajstić information content (AvgIpc) is 2.43. The summed E-state index contributed by atoms with van der Waals surface area (Å²) in [5, 5.41) is 2.95. The highest BCUT2D eigenvalue weighted by Crippen LogP contribution is 2.24. The summed E-state index contributed by atoms with van der Waals surface area (Å²) >= 11 is 6.00. The number of benzene rings is 2. The molecule has 0 fully saturated rings. The Morgan fingerprint density at radius 1 is 1.10 bits per heavy atom. The molecule has 2 rings (SSSR count). The molecule has 2 amide bonds. The Balaban J connectivity index is 2.28. The van der Waals surface area contributed by atoms with Crippen molar-refractivity contribution in [3.05, 3.63) is 58.1 Å². The molecular formula is C15H14ClN3O2. The molecule has 5 nitrogen and oxygen atoms in total. The summed E-state index contributed by atoms with van der Waals surface area (Å²) < 4.78 is 0. The highest BCUT2D eigenvalue weighted by molar-refractivity contribution is 6.34. The van der Waals surface area contributed by atoms with E-state index in [1.807, 2.05) is 6.92 Å². The molecule has 0 atom stereocenters. The molecule has 6 heteroatoms. The topological polar surface area (TPSA) is 98.2 Å². The van der Waals surface area contributed by atoms with Crippen molar-refractivity contribution < 1.29 is 9.59 Å². The molecule has 0 heterocycles. The lowest BCUT2D eigenvalue weighted by Gasteiger charge is -2.09. The maximum Gasteiger partial charge on any atom is 0.255 e. The molecule has 0 aromatic heterocycles. The fourth-order valence-electron chi connectivity index (χ4n) is 1.75. The van der Waals surface area contributed by atoms with Crippen molar-refractivity contribution in [1.82, 2.24) is 0 Å². The van der Waals surface area contributed by atoms with Gasteiger partial charge in [0.05, 0.1) is 10.7 Å². The van der Waals surface area contributed by atoms with E-state index < -0.39 is 5.91 Å². The third-order valence-corrected chi connectivity index (χ3v) is 3.37. The third-order valence-electron chi connectivity index (χ3n) is 3.04. The summed E-state index contributed by atoms with van der Waals surface area (Å²) in [5.41, 5.74) is 13.4. The maximum atomic E-state index is 12.2. The van der Waals surface area contributed by atoms with Crippen LogP contribution in [0.15, 0.2) is 36.4 Å². The Bertz CT molecular complexity index is 729. The number of hydrogen-bond acceptors (Lipinski definition) is 3. The van der Waals surface area contributed by atoms with Crippen molar-refractivity contribution >= 4 is 34.8 Å². The van der Waals surface area contributed by atoms with E-state index in [-0.39, 0.29) is 11.5 Å². The van der Waals surface area contributed by atoms with Gasteiger partial charge in [-0.15, -0.1) is 0 Å². The number of anilines is 2. The lowest BCUT2D eigenvalue weighted by atomic mass is 10.1. The Kier molecular flexibility index (Phi) is 4.14. The van der Waals surface area contributed by atoms with Gasteiger partial charge in [0.2, 0.25) is 5.91 Å². The van der Waals surface area contributed by atoms with Crippen molar-refractivity contribution in [3.8, 4) is 0 Å². The quantitative estimate of drug-likeness (QED) is 0.760. The van der Waals surface area contributed by atoms with E-state index in [4.69, 9.17) is 23.1 Å². The van der Waals surface area contributed by atoms with Crippen molar-refractivity contribution in [2.24, 2.45) is 5.73 Å². The first kappa shape index (κ1) is 14.9. The molecule has 0 aliphatic rings. The number of nitrogens with one attached hydrogen (secondary N) is 1. The van der Waals surface area contributed by atoms with E-state index in [2.05, 4.69) is 5.32 Å². The second-order valence-electron chi connectivity index (χ2n) is 4.58. The standard InChI is InChI=1S/C15H14ClN3O2/c1-8-2-3-10(6-12(8)17)15(21)19-13-7-9(14(18)20)4-5-11(13)16/h2-7H,17H2,1H3,(H2,18,20)(H,19,21). The molecule has 0 aliphatic heterocycles. The van der Waals surface area contributed by atoms with Gasteiger partial charge in [0, 0.05) is 16.8 Å². The van der Waals surface area contributed by atoms with Gasteiger partial charge in [0.25, 0.3) is 5.91 Å². The molecule has 0 aliphatic carbocycles. The molecule has 5 N–H and O–H groups in total. The molecular weight excluding hydrogens is 290 g/mol. The zero-order valence-electron chi connectivity index (χ0n) is 11.3. The Morgan fingerprint density at radius 3 is 2.38 bits per heavy atom. The molecule has 2 aromatic carbocycles. The summed E-state index contributed by atoms with van der Waals surface area (Å²) in [4.78, 5) is 23.3. The zero-order chi connectivity index (χ0) is 15.6. The van der Waals surface area contributed by atoms with Crippen LogP contribution in [0.1, 0.15) is 26.3 Å². The summed E-state index contributed by atoms with van der Waals surface area (Å²) in [6, 6.07) is 9.42. The van der Waals surface area contributed by atoms with E-state index in [0.717, 1.165) is 5.56 Å². The van der Waals surface area contributed by atoms with Crippen LogP contribution < -0.4 is 16.8 Å². The molecule has 0 radical (unpaired) electrons. The van der Waals surface area contributed by atoms with Crippen LogP contribution in [0.4, 0.5) is 11.4 Å². The van der Waals surface area contributed by atoms with Gasteiger partial charge in [-0.25, -0.2) is 0 Å². The molecule has 21 heavy (non-hydrogen) atoms. The largest absolute Gasteiger partial charge is 0.398 e. The van der Waals surface area contributed by atoms with Gasteiger partial charge in [-0.3, -0.25) is 9.59 Å². The normalized spacial score (nSPS) is 10.2. The van der Waals surface area contributed by atoms with Gasteiger partial charge in [-0.1, -0.05) is 17.7 Å². The van der Waals surface area contributed by atoms with E-state index in [1.165, 1.54) is 18.2 Å². The zero-order valence-corrected chi connectivity index (χ0v) is 12.1. The molecule has 2 aromatic rings. The monoisotopic (exact) mass is 303 g/mol. The number of hydrogen-bond donors (Lipinski definition) is 3. The molecule has 0 saturated carbocycles. The van der Waals surface area contributed by atoms with E-state index >= 15 is 0 Å². The van der Waals surface area contributed by atoms with Gasteiger partial charge in [0.1, 0.15) is 0 Å². The predicted molar refractivity (Wildman–Crippen MR) is 83.5 cm³/mol. The van der Waals surface area contributed by atoms with Gasteiger partial charge >= 0.3 is 0 Å². The number of rotatable bonds is 3. The predicted octanol–water partition coefficient (Wildman–Crippen LogP) is 2.58. The van der Waals surface area contributed by atoms with Gasteiger partial charge < -0.3 is 16.8 Å². The number of primary amides is 1. The molecule has 0 saturated heterocycles. The first-order valence-electron chi connectivity index (χ1n) is 6.15. The van der Waals surface area contributed by atoms with Gasteiger partial charge in [-0.05, 0) is 42.8 Å². The third kappa shape index (κ3) is 3.32. The van der Waals surface area contributed by atoms with Gasteiger partial charge in [0.15, 0.2) is 0 Å².